The van der Waals surface area contributed by atoms with E-state index in [0.717, 1.165) is 6.08 Å². The molecule has 0 atom stereocenters. The summed E-state index contributed by atoms with van der Waals surface area (Å²) in [5.41, 5.74) is 0.275. The fourth-order valence-electron chi connectivity index (χ4n) is 0.905. The van der Waals surface area contributed by atoms with E-state index in [9.17, 15) is 9.18 Å². The van der Waals surface area contributed by atoms with E-state index in [2.05, 4.69) is 15.9 Å². The highest BCUT2D eigenvalue weighted by Gasteiger charge is 1.99. The molecule has 0 heterocycles. The maximum atomic E-state index is 13.1. The summed E-state index contributed by atoms with van der Waals surface area (Å²) in [6.07, 6.45) is 3.87. The van der Waals surface area contributed by atoms with E-state index < -0.39 is 11.7 Å². The SMILES string of the molecule is N#CNC(=O)C=Cc1cc(Br)ccc1F. The summed E-state index contributed by atoms with van der Waals surface area (Å²) in [7, 11) is 0. The molecule has 1 rings (SSSR count). The van der Waals surface area contributed by atoms with Crippen LogP contribution in [0.5, 0.6) is 0 Å². The van der Waals surface area contributed by atoms with Crippen LogP contribution in [0.4, 0.5) is 4.39 Å². The molecule has 15 heavy (non-hydrogen) atoms. The molecule has 0 unspecified atom stereocenters. The van der Waals surface area contributed by atoms with Crippen LogP contribution >= 0.6 is 15.9 Å². The minimum atomic E-state index is -0.586. The Balaban J connectivity index is 2.85. The van der Waals surface area contributed by atoms with Crippen molar-refractivity contribution in [1.29, 1.82) is 5.26 Å². The van der Waals surface area contributed by atoms with Crippen molar-refractivity contribution < 1.29 is 9.18 Å². The molecule has 0 saturated carbocycles. The van der Waals surface area contributed by atoms with E-state index in [1.807, 2.05) is 5.32 Å². The molecule has 0 spiro atoms. The van der Waals surface area contributed by atoms with E-state index in [4.69, 9.17) is 5.26 Å². The third-order valence-electron chi connectivity index (χ3n) is 1.55. The molecule has 0 aliphatic heterocycles. The minimum Gasteiger partial charge on any atom is -0.269 e. The fourth-order valence-corrected chi connectivity index (χ4v) is 1.28. The third-order valence-corrected chi connectivity index (χ3v) is 2.04. The third kappa shape index (κ3) is 3.52. The highest BCUT2D eigenvalue weighted by Crippen LogP contribution is 2.16. The van der Waals surface area contributed by atoms with Crippen LogP contribution < -0.4 is 5.32 Å². The number of nitrogens with one attached hydrogen (secondary N) is 1. The van der Waals surface area contributed by atoms with Crippen LogP contribution in [0.25, 0.3) is 6.08 Å². The predicted octanol–water partition coefficient (Wildman–Crippen LogP) is 2.20. The van der Waals surface area contributed by atoms with E-state index in [0.29, 0.717) is 4.47 Å². The van der Waals surface area contributed by atoms with Gasteiger partial charge in [0.2, 0.25) is 0 Å². The number of nitriles is 1. The number of hydrogen-bond acceptors (Lipinski definition) is 2. The van der Waals surface area contributed by atoms with Crippen molar-refractivity contribution >= 4 is 27.9 Å². The zero-order valence-corrected chi connectivity index (χ0v) is 9.08. The first kappa shape index (κ1) is 11.4. The molecular formula is C10H6BrFN2O. The van der Waals surface area contributed by atoms with Crippen molar-refractivity contribution in [1.82, 2.24) is 5.32 Å². The molecule has 1 N–H and O–H groups in total. The summed E-state index contributed by atoms with van der Waals surface area (Å²) in [6.45, 7) is 0. The quantitative estimate of drug-likeness (QED) is 0.508. The number of nitrogens with zero attached hydrogens (tertiary/aromatic N) is 1. The van der Waals surface area contributed by atoms with Crippen LogP contribution in [0.1, 0.15) is 5.56 Å². The molecule has 1 aromatic carbocycles. The normalized spacial score (nSPS) is 9.93. The lowest BCUT2D eigenvalue weighted by molar-refractivity contribution is -0.115. The Labute approximate surface area is 94.3 Å². The number of hydrogen-bond donors (Lipinski definition) is 1. The van der Waals surface area contributed by atoms with Crippen LogP contribution in [-0.4, -0.2) is 5.91 Å². The molecule has 0 saturated heterocycles. The van der Waals surface area contributed by atoms with Gasteiger partial charge in [-0.25, -0.2) is 4.39 Å². The summed E-state index contributed by atoms with van der Waals surface area (Å²) in [4.78, 5) is 10.9. The van der Waals surface area contributed by atoms with E-state index in [1.165, 1.54) is 24.4 Å². The predicted molar refractivity (Wildman–Crippen MR) is 56.9 cm³/mol. The average molecular weight is 269 g/mol. The number of carbonyl (C=O) groups is 1. The minimum absolute atomic E-state index is 0.275. The van der Waals surface area contributed by atoms with E-state index in [1.54, 1.807) is 6.07 Å². The van der Waals surface area contributed by atoms with Crippen molar-refractivity contribution in [3.05, 3.63) is 40.1 Å². The van der Waals surface area contributed by atoms with Gasteiger partial charge < -0.3 is 0 Å². The lowest BCUT2D eigenvalue weighted by Gasteiger charge is -1.97. The summed E-state index contributed by atoms with van der Waals surface area (Å²) in [5, 5.41) is 10.0. The van der Waals surface area contributed by atoms with Crippen LogP contribution in [0, 0.1) is 17.3 Å². The van der Waals surface area contributed by atoms with Gasteiger partial charge in [0.1, 0.15) is 5.82 Å². The van der Waals surface area contributed by atoms with Crippen molar-refractivity contribution in [2.24, 2.45) is 0 Å². The van der Waals surface area contributed by atoms with Crippen LogP contribution in [0.2, 0.25) is 0 Å². The van der Waals surface area contributed by atoms with Crippen LogP contribution in [0.15, 0.2) is 28.7 Å². The highest BCUT2D eigenvalue weighted by atomic mass is 79.9. The Hall–Kier alpha value is -1.67. The second kappa shape index (κ2) is 5.27. The standard InChI is InChI=1S/C10H6BrFN2O/c11-8-2-3-9(12)7(5-8)1-4-10(15)14-6-13/h1-5H,(H,14,15). The second-order valence-electron chi connectivity index (χ2n) is 2.60. The van der Waals surface area contributed by atoms with Crippen molar-refractivity contribution in [3.63, 3.8) is 0 Å². The Bertz CT molecular complexity index is 451. The Morgan fingerprint density at radius 3 is 3.00 bits per heavy atom. The van der Waals surface area contributed by atoms with Crippen molar-refractivity contribution in [2.75, 3.05) is 0 Å². The summed E-state index contributed by atoms with van der Waals surface area (Å²) < 4.78 is 13.8. The molecular weight excluding hydrogens is 263 g/mol. The van der Waals surface area contributed by atoms with Gasteiger partial charge in [-0.05, 0) is 24.3 Å². The van der Waals surface area contributed by atoms with Gasteiger partial charge in [-0.15, -0.1) is 0 Å². The van der Waals surface area contributed by atoms with E-state index in [-0.39, 0.29) is 5.56 Å². The van der Waals surface area contributed by atoms with Crippen LogP contribution in [0.3, 0.4) is 0 Å². The smallest absolute Gasteiger partial charge is 0.256 e. The molecule has 0 aromatic heterocycles. The zero-order valence-electron chi connectivity index (χ0n) is 7.50. The van der Waals surface area contributed by atoms with Gasteiger partial charge in [0.25, 0.3) is 5.91 Å². The monoisotopic (exact) mass is 268 g/mol. The first-order valence-electron chi connectivity index (χ1n) is 3.95. The number of amides is 1. The fraction of sp³-hybridized carbons (Fsp3) is 0. The molecule has 0 radical (unpaired) electrons. The van der Waals surface area contributed by atoms with Gasteiger partial charge in [-0.2, -0.15) is 5.26 Å². The molecule has 1 aromatic rings. The van der Waals surface area contributed by atoms with Crippen molar-refractivity contribution in [2.45, 2.75) is 0 Å². The van der Waals surface area contributed by atoms with Crippen LogP contribution in [-0.2, 0) is 4.79 Å². The maximum absolute atomic E-state index is 13.1. The maximum Gasteiger partial charge on any atom is 0.256 e. The molecule has 0 aliphatic rings. The number of halogens is 2. The van der Waals surface area contributed by atoms with Gasteiger partial charge in [0, 0.05) is 16.1 Å². The van der Waals surface area contributed by atoms with Gasteiger partial charge in [-0.3, -0.25) is 10.1 Å². The first-order chi connectivity index (χ1) is 7.13. The first-order valence-corrected chi connectivity index (χ1v) is 4.75. The zero-order chi connectivity index (χ0) is 11.3. The Morgan fingerprint density at radius 2 is 2.33 bits per heavy atom. The average Bonchev–Trinajstić information content (AvgIpc) is 2.20. The topological polar surface area (TPSA) is 52.9 Å². The van der Waals surface area contributed by atoms with Gasteiger partial charge >= 0.3 is 0 Å². The summed E-state index contributed by atoms with van der Waals surface area (Å²) >= 11 is 3.18. The molecule has 0 fully saturated rings. The molecule has 1 amide bonds. The molecule has 76 valence electrons. The second-order valence-corrected chi connectivity index (χ2v) is 3.52. The lowest BCUT2D eigenvalue weighted by atomic mass is 10.2. The number of carbonyl (C=O) groups excluding carboxylic acids is 1. The molecule has 3 nitrogen and oxygen atoms in total. The van der Waals surface area contributed by atoms with Gasteiger partial charge in [-0.1, -0.05) is 15.9 Å². The largest absolute Gasteiger partial charge is 0.269 e. The summed E-state index contributed by atoms with van der Waals surface area (Å²) in [6, 6.07) is 4.37. The van der Waals surface area contributed by atoms with E-state index >= 15 is 0 Å². The molecule has 5 heteroatoms. The highest BCUT2D eigenvalue weighted by molar-refractivity contribution is 9.10. The van der Waals surface area contributed by atoms with Gasteiger partial charge in [0.05, 0.1) is 0 Å². The van der Waals surface area contributed by atoms with Gasteiger partial charge in [0.15, 0.2) is 6.19 Å². The Morgan fingerprint density at radius 1 is 1.60 bits per heavy atom. The molecule has 0 aliphatic carbocycles. The lowest BCUT2D eigenvalue weighted by Crippen LogP contribution is -2.13. The summed E-state index contributed by atoms with van der Waals surface area (Å²) in [5.74, 6) is -1.02. The molecule has 0 bridgehead atoms. The Kier molecular flexibility index (Phi) is 4.01. The van der Waals surface area contributed by atoms with Crippen molar-refractivity contribution in [3.8, 4) is 6.19 Å². The number of benzene rings is 1. The number of rotatable bonds is 2.